The van der Waals surface area contributed by atoms with Crippen molar-refractivity contribution in [3.05, 3.63) is 18.0 Å². The van der Waals surface area contributed by atoms with Gasteiger partial charge in [0.1, 0.15) is 0 Å². The maximum absolute atomic E-state index is 11.9. The number of rotatable bonds is 3. The lowest BCUT2D eigenvalue weighted by Gasteiger charge is -2.50. The number of hydrogen-bond acceptors (Lipinski definition) is 6. The molecule has 4 aliphatic rings. The van der Waals surface area contributed by atoms with Crippen LogP contribution in [0.3, 0.4) is 0 Å². The Balaban J connectivity index is 1.23. The fraction of sp³-hybridized carbons (Fsp3) is 0.765. The summed E-state index contributed by atoms with van der Waals surface area (Å²) in [6.07, 6.45) is 7.24. The predicted molar refractivity (Wildman–Crippen MR) is 86.1 cm³/mol. The lowest BCUT2D eigenvalue weighted by molar-refractivity contribution is -0.260. The lowest BCUT2D eigenvalue weighted by atomic mass is 9.63. The normalized spacial score (nSPS) is 33.2. The van der Waals surface area contributed by atoms with Crippen molar-refractivity contribution in [3.8, 4) is 0 Å². The number of hydrazine groups is 1. The number of hydrogen-bond donors (Lipinski definition) is 1. The molecular weight excluding hydrogens is 324 g/mol. The van der Waals surface area contributed by atoms with Crippen molar-refractivity contribution in [1.82, 2.24) is 20.2 Å². The topological polar surface area (TPSA) is 77.9 Å². The highest BCUT2D eigenvalue weighted by atomic mass is 16.7. The second kappa shape index (κ2) is 5.51. The Kier molecular flexibility index (Phi) is 3.47. The van der Waals surface area contributed by atoms with Crippen LogP contribution < -0.4 is 5.43 Å². The Hall–Kier alpha value is -1.48. The van der Waals surface area contributed by atoms with Crippen LogP contribution in [0.2, 0.25) is 0 Å². The summed E-state index contributed by atoms with van der Waals surface area (Å²) in [4.78, 5) is 11.9. The van der Waals surface area contributed by atoms with Gasteiger partial charge >= 0.3 is 0 Å². The lowest BCUT2D eigenvalue weighted by Crippen LogP contribution is -2.53. The average Bonchev–Trinajstić information content (AvgIpc) is 3.29. The van der Waals surface area contributed by atoms with Gasteiger partial charge in [0.25, 0.3) is 0 Å². The van der Waals surface area contributed by atoms with Crippen LogP contribution in [0, 0.1) is 5.41 Å². The van der Waals surface area contributed by atoms with Crippen molar-refractivity contribution in [2.45, 2.75) is 43.6 Å². The number of nitrogens with one attached hydrogen (secondary N) is 1. The molecule has 4 heterocycles. The number of nitrogens with zero attached hydrogens (tertiary/aromatic N) is 3. The third-order valence-corrected chi connectivity index (χ3v) is 5.92. The number of aryl methyl sites for hydroxylation is 1. The van der Waals surface area contributed by atoms with Crippen LogP contribution >= 0.6 is 0 Å². The van der Waals surface area contributed by atoms with Gasteiger partial charge in [-0.1, -0.05) is 0 Å². The highest BCUT2D eigenvalue weighted by Crippen LogP contribution is 2.58. The second-order valence-electron chi connectivity index (χ2n) is 7.95. The standard InChI is InChI=1S/C17H24N4O4/c1-20-7-12(6-18-20)14-4-15(22)19-21(14)8-13-5-16(11-23-13)9-17(10-16)24-2-3-25-17/h6-7,13-14H,2-5,8-11H2,1H3,(H,19,22). The minimum absolute atomic E-state index is 0.0237. The van der Waals surface area contributed by atoms with E-state index in [0.717, 1.165) is 31.4 Å². The summed E-state index contributed by atoms with van der Waals surface area (Å²) in [5.74, 6) is -0.282. The van der Waals surface area contributed by atoms with Crippen LogP contribution in [-0.4, -0.2) is 59.0 Å². The van der Waals surface area contributed by atoms with Crippen LogP contribution in [0.15, 0.2) is 12.4 Å². The van der Waals surface area contributed by atoms with Gasteiger partial charge in [0, 0.05) is 50.0 Å². The van der Waals surface area contributed by atoms with Gasteiger partial charge in [-0.25, -0.2) is 5.01 Å². The highest BCUT2D eigenvalue weighted by Gasteiger charge is 2.61. The monoisotopic (exact) mass is 348 g/mol. The Bertz CT molecular complexity index is 676. The predicted octanol–water partition coefficient (Wildman–Crippen LogP) is 0.510. The molecule has 8 heteroatoms. The van der Waals surface area contributed by atoms with Gasteiger partial charge in [0.2, 0.25) is 5.91 Å². The molecule has 2 spiro atoms. The van der Waals surface area contributed by atoms with Gasteiger partial charge in [-0.15, -0.1) is 0 Å². The molecule has 5 rings (SSSR count). The number of aromatic nitrogens is 2. The van der Waals surface area contributed by atoms with Gasteiger partial charge in [-0.3, -0.25) is 14.9 Å². The largest absolute Gasteiger partial charge is 0.376 e. The number of carbonyl (C=O) groups is 1. The Labute approximate surface area is 146 Å². The molecule has 4 fully saturated rings. The summed E-state index contributed by atoms with van der Waals surface area (Å²) in [5.41, 5.74) is 4.22. The van der Waals surface area contributed by atoms with Gasteiger partial charge in [0.05, 0.1) is 38.2 Å². The van der Waals surface area contributed by atoms with E-state index >= 15 is 0 Å². The van der Waals surface area contributed by atoms with Crippen LogP contribution in [-0.2, 0) is 26.1 Å². The van der Waals surface area contributed by atoms with Crippen molar-refractivity contribution in [2.75, 3.05) is 26.4 Å². The molecule has 1 aromatic heterocycles. The summed E-state index contributed by atoms with van der Waals surface area (Å²) in [5, 5.41) is 6.24. The smallest absolute Gasteiger partial charge is 0.236 e. The third-order valence-electron chi connectivity index (χ3n) is 5.92. The molecule has 2 atom stereocenters. The van der Waals surface area contributed by atoms with Gasteiger partial charge < -0.3 is 14.2 Å². The number of carbonyl (C=O) groups excluding carboxylic acids is 1. The first-order valence-corrected chi connectivity index (χ1v) is 8.99. The molecule has 1 saturated carbocycles. The molecule has 0 aromatic carbocycles. The van der Waals surface area contributed by atoms with E-state index in [4.69, 9.17) is 14.2 Å². The van der Waals surface area contributed by atoms with E-state index < -0.39 is 0 Å². The highest BCUT2D eigenvalue weighted by molar-refractivity contribution is 5.78. The molecule has 0 bridgehead atoms. The average molecular weight is 348 g/mol. The molecule has 1 aromatic rings. The maximum Gasteiger partial charge on any atom is 0.236 e. The van der Waals surface area contributed by atoms with Crippen LogP contribution in [0.4, 0.5) is 0 Å². The van der Waals surface area contributed by atoms with E-state index in [1.54, 1.807) is 4.68 Å². The third kappa shape index (κ3) is 2.68. The van der Waals surface area contributed by atoms with Crippen molar-refractivity contribution < 1.29 is 19.0 Å². The quantitative estimate of drug-likeness (QED) is 0.858. The summed E-state index contributed by atoms with van der Waals surface area (Å²) in [7, 11) is 1.89. The Morgan fingerprint density at radius 3 is 2.88 bits per heavy atom. The molecule has 1 N–H and O–H groups in total. The van der Waals surface area contributed by atoms with E-state index in [1.165, 1.54) is 0 Å². The second-order valence-corrected chi connectivity index (χ2v) is 7.95. The molecule has 8 nitrogen and oxygen atoms in total. The van der Waals surface area contributed by atoms with Crippen LogP contribution in [0.25, 0.3) is 0 Å². The van der Waals surface area contributed by atoms with E-state index in [0.29, 0.717) is 26.2 Å². The minimum atomic E-state index is -0.335. The van der Waals surface area contributed by atoms with E-state index in [-0.39, 0.29) is 29.3 Å². The van der Waals surface area contributed by atoms with Crippen LogP contribution in [0.1, 0.15) is 37.3 Å². The molecule has 136 valence electrons. The SMILES string of the molecule is Cn1cc(C2CC(=O)NN2CC2CC3(CO2)CC2(C3)OCCO2)cn1. The maximum atomic E-state index is 11.9. The van der Waals surface area contributed by atoms with E-state index in [1.807, 2.05) is 24.5 Å². The zero-order valence-corrected chi connectivity index (χ0v) is 14.4. The zero-order valence-electron chi connectivity index (χ0n) is 14.4. The fourth-order valence-corrected chi connectivity index (χ4v) is 4.92. The fourth-order valence-electron chi connectivity index (χ4n) is 4.92. The molecular formula is C17H24N4O4. The molecule has 1 amide bonds. The summed E-state index contributed by atoms with van der Waals surface area (Å²) in [6, 6.07) is 0.0237. The van der Waals surface area contributed by atoms with Gasteiger partial charge in [-0.2, -0.15) is 5.10 Å². The van der Waals surface area contributed by atoms with Gasteiger partial charge in [0.15, 0.2) is 5.79 Å². The molecule has 25 heavy (non-hydrogen) atoms. The van der Waals surface area contributed by atoms with Crippen molar-refractivity contribution in [1.29, 1.82) is 0 Å². The zero-order chi connectivity index (χ0) is 17.1. The molecule has 3 aliphatic heterocycles. The van der Waals surface area contributed by atoms with Crippen molar-refractivity contribution in [2.24, 2.45) is 12.5 Å². The first-order valence-electron chi connectivity index (χ1n) is 8.99. The summed E-state index contributed by atoms with van der Waals surface area (Å²) < 4.78 is 19.4. The van der Waals surface area contributed by atoms with E-state index in [2.05, 4.69) is 10.5 Å². The molecule has 1 aliphatic carbocycles. The molecule has 2 unspecified atom stereocenters. The minimum Gasteiger partial charge on any atom is -0.376 e. The first-order chi connectivity index (χ1) is 12.0. The van der Waals surface area contributed by atoms with E-state index in [9.17, 15) is 4.79 Å². The Morgan fingerprint density at radius 1 is 1.36 bits per heavy atom. The molecule has 3 saturated heterocycles. The first kappa shape index (κ1) is 15.7. The number of amides is 1. The van der Waals surface area contributed by atoms with Crippen LogP contribution in [0.5, 0.6) is 0 Å². The number of ether oxygens (including phenoxy) is 3. The summed E-state index contributed by atoms with van der Waals surface area (Å²) >= 11 is 0. The van der Waals surface area contributed by atoms with Crippen molar-refractivity contribution in [3.63, 3.8) is 0 Å². The van der Waals surface area contributed by atoms with Gasteiger partial charge in [-0.05, 0) is 6.42 Å². The Morgan fingerprint density at radius 2 is 2.16 bits per heavy atom. The molecule has 0 radical (unpaired) electrons. The van der Waals surface area contributed by atoms with Crippen molar-refractivity contribution >= 4 is 5.91 Å². The summed E-state index contributed by atoms with van der Waals surface area (Å²) in [6.45, 7) is 2.85.